The number of hydrogen-bond donors (Lipinski definition) is 0. The minimum Gasteiger partial charge on any atom is -0.268 e. The van der Waals surface area contributed by atoms with E-state index < -0.39 is 5.91 Å². The van der Waals surface area contributed by atoms with Crippen molar-refractivity contribution in [2.75, 3.05) is 4.90 Å². The first kappa shape index (κ1) is 10.9. The van der Waals surface area contributed by atoms with Gasteiger partial charge in [-0.1, -0.05) is 36.4 Å². The van der Waals surface area contributed by atoms with E-state index in [0.29, 0.717) is 11.4 Å². The molecule has 3 heteroatoms. The zero-order chi connectivity index (χ0) is 12.1. The van der Waals surface area contributed by atoms with Gasteiger partial charge in [-0.3, -0.25) is 9.69 Å². The van der Waals surface area contributed by atoms with Gasteiger partial charge in [-0.15, -0.1) is 0 Å². The number of para-hydroxylation sites is 2. The Morgan fingerprint density at radius 3 is 1.65 bits per heavy atom. The maximum absolute atomic E-state index is 11.7. The van der Waals surface area contributed by atoms with Gasteiger partial charge < -0.3 is 0 Å². The summed E-state index contributed by atoms with van der Waals surface area (Å²) in [5, 5.41) is 8.79. The number of carbonyl (C=O) groups excluding carboxylic acids is 1. The Morgan fingerprint density at radius 1 is 0.882 bits per heavy atom. The number of carbonyl (C=O) groups is 1. The quantitative estimate of drug-likeness (QED) is 0.733. The van der Waals surface area contributed by atoms with E-state index in [-0.39, 0.29) is 0 Å². The molecule has 1 amide bonds. The highest BCUT2D eigenvalue weighted by molar-refractivity contribution is 6.09. The Labute approximate surface area is 99.5 Å². The molecule has 0 aromatic heterocycles. The Morgan fingerprint density at radius 2 is 1.29 bits per heavy atom. The Kier molecular flexibility index (Phi) is 3.18. The van der Waals surface area contributed by atoms with E-state index in [2.05, 4.69) is 0 Å². The van der Waals surface area contributed by atoms with Crippen LogP contribution in [0.2, 0.25) is 0 Å². The van der Waals surface area contributed by atoms with Crippen molar-refractivity contribution in [2.45, 2.75) is 0 Å². The van der Waals surface area contributed by atoms with Crippen LogP contribution in [0.15, 0.2) is 60.7 Å². The lowest BCUT2D eigenvalue weighted by Crippen LogP contribution is -2.23. The molecule has 0 bridgehead atoms. The number of hydrogen-bond acceptors (Lipinski definition) is 2. The van der Waals surface area contributed by atoms with Gasteiger partial charge in [0.15, 0.2) is 6.07 Å². The number of anilines is 2. The minimum absolute atomic E-state index is 0.595. The predicted octanol–water partition coefficient (Wildman–Crippen LogP) is 2.87. The molecule has 3 nitrogen and oxygen atoms in total. The summed E-state index contributed by atoms with van der Waals surface area (Å²) in [6.45, 7) is 0. The molecular weight excluding hydrogens is 212 g/mol. The van der Waals surface area contributed by atoms with Crippen molar-refractivity contribution >= 4 is 17.3 Å². The molecule has 0 unspecified atom stereocenters. The van der Waals surface area contributed by atoms with Crippen LogP contribution in [0, 0.1) is 11.3 Å². The monoisotopic (exact) mass is 222 g/mol. The van der Waals surface area contributed by atoms with Crippen LogP contribution < -0.4 is 4.90 Å². The van der Waals surface area contributed by atoms with E-state index in [0.717, 1.165) is 0 Å². The molecule has 0 aliphatic carbocycles. The molecule has 0 saturated heterocycles. The maximum atomic E-state index is 11.7. The highest BCUT2D eigenvalue weighted by atomic mass is 16.2. The van der Waals surface area contributed by atoms with E-state index in [1.165, 1.54) is 4.90 Å². The average Bonchev–Trinajstić information content (AvgIpc) is 2.41. The summed E-state index contributed by atoms with van der Waals surface area (Å²) in [6, 6.07) is 19.9. The SMILES string of the molecule is N#CC(=O)N(c1ccccc1)c1ccccc1. The summed E-state index contributed by atoms with van der Waals surface area (Å²) in [6.07, 6.45) is 0. The normalized spacial score (nSPS) is 9.35. The lowest BCUT2D eigenvalue weighted by atomic mass is 10.2. The van der Waals surface area contributed by atoms with Crippen molar-refractivity contribution < 1.29 is 4.79 Å². The number of nitrogens with zero attached hydrogens (tertiary/aromatic N) is 2. The molecule has 0 aliphatic heterocycles. The second-order valence-corrected chi connectivity index (χ2v) is 3.42. The van der Waals surface area contributed by atoms with Gasteiger partial charge in [-0.2, -0.15) is 5.26 Å². The van der Waals surface area contributed by atoms with Gasteiger partial charge in [0.1, 0.15) is 0 Å². The van der Waals surface area contributed by atoms with Crippen molar-refractivity contribution in [2.24, 2.45) is 0 Å². The number of benzene rings is 2. The third-order valence-corrected chi connectivity index (χ3v) is 2.33. The third kappa shape index (κ3) is 2.32. The zero-order valence-corrected chi connectivity index (χ0v) is 9.08. The average molecular weight is 222 g/mol. The number of nitriles is 1. The highest BCUT2D eigenvalue weighted by Gasteiger charge is 2.16. The second kappa shape index (κ2) is 4.95. The summed E-state index contributed by atoms with van der Waals surface area (Å²) in [5.74, 6) is -0.595. The van der Waals surface area contributed by atoms with Crippen LogP contribution in [0.3, 0.4) is 0 Å². The number of rotatable bonds is 2. The van der Waals surface area contributed by atoms with E-state index in [4.69, 9.17) is 5.26 Å². The fourth-order valence-electron chi connectivity index (χ4n) is 1.59. The van der Waals surface area contributed by atoms with Gasteiger partial charge in [0.2, 0.25) is 0 Å². The Bertz CT molecular complexity index is 504. The number of amides is 1. The molecule has 2 rings (SSSR count). The lowest BCUT2D eigenvalue weighted by Gasteiger charge is -2.19. The van der Waals surface area contributed by atoms with Crippen LogP contribution in [0.4, 0.5) is 11.4 Å². The summed E-state index contributed by atoms with van der Waals surface area (Å²) in [4.78, 5) is 13.1. The van der Waals surface area contributed by atoms with Gasteiger partial charge in [-0.25, -0.2) is 0 Å². The molecule has 0 N–H and O–H groups in total. The van der Waals surface area contributed by atoms with Gasteiger partial charge in [0, 0.05) is 11.4 Å². The zero-order valence-electron chi connectivity index (χ0n) is 9.08. The van der Waals surface area contributed by atoms with Crippen molar-refractivity contribution in [1.82, 2.24) is 0 Å². The van der Waals surface area contributed by atoms with Gasteiger partial charge in [0.25, 0.3) is 0 Å². The van der Waals surface area contributed by atoms with Crippen LogP contribution in [-0.4, -0.2) is 5.91 Å². The van der Waals surface area contributed by atoms with E-state index in [1.54, 1.807) is 30.3 Å². The summed E-state index contributed by atoms with van der Waals surface area (Å²) in [5.41, 5.74) is 1.37. The first-order valence-corrected chi connectivity index (χ1v) is 5.17. The van der Waals surface area contributed by atoms with Crippen LogP contribution in [0.5, 0.6) is 0 Å². The van der Waals surface area contributed by atoms with Crippen LogP contribution >= 0.6 is 0 Å². The van der Waals surface area contributed by atoms with E-state index in [9.17, 15) is 4.79 Å². The first-order valence-electron chi connectivity index (χ1n) is 5.17. The van der Waals surface area contributed by atoms with E-state index >= 15 is 0 Å². The maximum Gasteiger partial charge on any atom is 0.333 e. The first-order chi connectivity index (χ1) is 8.33. The molecule has 0 radical (unpaired) electrons. The molecule has 0 heterocycles. The summed E-state index contributed by atoms with van der Waals surface area (Å²) in [7, 11) is 0. The summed E-state index contributed by atoms with van der Waals surface area (Å²) < 4.78 is 0. The fraction of sp³-hybridized carbons (Fsp3) is 0. The van der Waals surface area contributed by atoms with Crippen molar-refractivity contribution in [3.63, 3.8) is 0 Å². The summed E-state index contributed by atoms with van der Waals surface area (Å²) >= 11 is 0. The van der Waals surface area contributed by atoms with Crippen molar-refractivity contribution in [3.05, 3.63) is 60.7 Å². The topological polar surface area (TPSA) is 44.1 Å². The third-order valence-electron chi connectivity index (χ3n) is 2.33. The van der Waals surface area contributed by atoms with Gasteiger partial charge in [0.05, 0.1) is 0 Å². The van der Waals surface area contributed by atoms with Crippen LogP contribution in [-0.2, 0) is 4.79 Å². The van der Waals surface area contributed by atoms with Crippen LogP contribution in [0.25, 0.3) is 0 Å². The molecule has 17 heavy (non-hydrogen) atoms. The molecule has 0 atom stereocenters. The molecule has 0 fully saturated rings. The van der Waals surface area contributed by atoms with Crippen molar-refractivity contribution in [1.29, 1.82) is 5.26 Å². The smallest absolute Gasteiger partial charge is 0.268 e. The lowest BCUT2D eigenvalue weighted by molar-refractivity contribution is -0.112. The molecule has 0 spiro atoms. The standard InChI is InChI=1S/C14H10N2O/c15-11-14(17)16(12-7-3-1-4-8-12)13-9-5-2-6-10-13/h1-10H. The van der Waals surface area contributed by atoms with Crippen molar-refractivity contribution in [3.8, 4) is 6.07 Å². The van der Waals surface area contributed by atoms with Crippen LogP contribution in [0.1, 0.15) is 0 Å². The largest absolute Gasteiger partial charge is 0.333 e. The fourth-order valence-corrected chi connectivity index (χ4v) is 1.59. The molecular formula is C14H10N2O. The van der Waals surface area contributed by atoms with Gasteiger partial charge >= 0.3 is 5.91 Å². The molecule has 0 saturated carbocycles. The Balaban J connectivity index is 2.48. The Hall–Kier alpha value is -2.60. The molecule has 82 valence electrons. The highest BCUT2D eigenvalue weighted by Crippen LogP contribution is 2.24. The predicted molar refractivity (Wildman–Crippen MR) is 65.6 cm³/mol. The van der Waals surface area contributed by atoms with E-state index in [1.807, 2.05) is 36.4 Å². The minimum atomic E-state index is -0.595. The molecule has 2 aromatic rings. The molecule has 0 aliphatic rings. The second-order valence-electron chi connectivity index (χ2n) is 3.42. The molecule has 2 aromatic carbocycles. The van der Waals surface area contributed by atoms with Gasteiger partial charge in [-0.05, 0) is 24.3 Å².